The normalized spacial score (nSPS) is 10.8. The monoisotopic (exact) mass is 389 g/mol. The van der Waals surface area contributed by atoms with Crippen LogP contribution < -0.4 is 16.6 Å². The van der Waals surface area contributed by atoms with Crippen molar-refractivity contribution in [1.82, 2.24) is 15.3 Å². The quantitative estimate of drug-likeness (QED) is 0.500. The molecule has 2 aromatic rings. The van der Waals surface area contributed by atoms with Crippen LogP contribution >= 0.6 is 0 Å². The predicted octanol–water partition coefficient (Wildman–Crippen LogP) is 1.17. The van der Waals surface area contributed by atoms with Gasteiger partial charge in [-0.3, -0.25) is 14.6 Å². The second-order valence-electron chi connectivity index (χ2n) is 6.36. The van der Waals surface area contributed by atoms with Gasteiger partial charge in [-0.1, -0.05) is 24.3 Å². The molecule has 1 amide bonds. The van der Waals surface area contributed by atoms with Gasteiger partial charge in [-0.2, -0.15) is 0 Å². The summed E-state index contributed by atoms with van der Waals surface area (Å²) in [5.41, 5.74) is 1.90. The molecule has 0 aliphatic carbocycles. The molecule has 0 atom stereocenters. The first-order chi connectivity index (χ1) is 13.5. The summed E-state index contributed by atoms with van der Waals surface area (Å²) in [5.74, 6) is -0.164. The summed E-state index contributed by atoms with van der Waals surface area (Å²) in [6, 6.07) is 7.81. The molecule has 2 rings (SSSR count). The standard InChI is InChI=1S/C20H27N3O5/c1-3-27-9-10-28-13-16-6-4-5-15(11-16)12-21-18(24)8-7-17-14(2)22-20(26)23-19(17)25/h4-6,11H,3,7-10,12-13H2,1-2H3,(H,21,24)(H2,22,23,25,26). The van der Waals surface area contributed by atoms with Crippen LogP contribution in [0, 0.1) is 6.92 Å². The summed E-state index contributed by atoms with van der Waals surface area (Å²) < 4.78 is 10.8. The lowest BCUT2D eigenvalue weighted by molar-refractivity contribution is -0.121. The Morgan fingerprint density at radius 1 is 1.11 bits per heavy atom. The van der Waals surface area contributed by atoms with E-state index >= 15 is 0 Å². The summed E-state index contributed by atoms with van der Waals surface area (Å²) in [6.07, 6.45) is 0.424. The van der Waals surface area contributed by atoms with Crippen molar-refractivity contribution >= 4 is 5.91 Å². The highest BCUT2D eigenvalue weighted by atomic mass is 16.5. The number of nitrogens with one attached hydrogen (secondary N) is 3. The number of aryl methyl sites for hydroxylation is 1. The van der Waals surface area contributed by atoms with Crippen LogP contribution in [0.2, 0.25) is 0 Å². The largest absolute Gasteiger partial charge is 0.379 e. The lowest BCUT2D eigenvalue weighted by Gasteiger charge is -2.09. The van der Waals surface area contributed by atoms with Gasteiger partial charge in [0.2, 0.25) is 5.91 Å². The number of carbonyl (C=O) groups is 1. The van der Waals surface area contributed by atoms with E-state index in [1.54, 1.807) is 6.92 Å². The molecule has 1 aromatic heterocycles. The zero-order valence-corrected chi connectivity index (χ0v) is 16.3. The first-order valence-corrected chi connectivity index (χ1v) is 9.31. The molecule has 1 aromatic carbocycles. The Hall–Kier alpha value is -2.71. The van der Waals surface area contributed by atoms with Gasteiger partial charge in [0, 0.05) is 30.8 Å². The van der Waals surface area contributed by atoms with Gasteiger partial charge in [-0.05, 0) is 31.4 Å². The fourth-order valence-corrected chi connectivity index (χ4v) is 2.74. The third-order valence-electron chi connectivity index (χ3n) is 4.18. The van der Waals surface area contributed by atoms with Gasteiger partial charge in [0.15, 0.2) is 0 Å². The molecule has 8 nitrogen and oxygen atoms in total. The third kappa shape index (κ3) is 7.13. The molecule has 0 fully saturated rings. The molecule has 0 aliphatic rings. The lowest BCUT2D eigenvalue weighted by Crippen LogP contribution is -2.29. The Balaban J connectivity index is 1.79. The maximum Gasteiger partial charge on any atom is 0.325 e. The van der Waals surface area contributed by atoms with E-state index in [-0.39, 0.29) is 18.7 Å². The Kier molecular flexibility index (Phi) is 8.64. The Morgan fingerprint density at radius 3 is 2.61 bits per heavy atom. The van der Waals surface area contributed by atoms with Gasteiger partial charge in [0.1, 0.15) is 0 Å². The number of rotatable bonds is 11. The molecule has 0 saturated heterocycles. The fourth-order valence-electron chi connectivity index (χ4n) is 2.74. The van der Waals surface area contributed by atoms with Crippen molar-refractivity contribution in [1.29, 1.82) is 0 Å². The molecule has 0 saturated carbocycles. The van der Waals surface area contributed by atoms with Gasteiger partial charge in [-0.25, -0.2) is 4.79 Å². The Bertz CT molecular complexity index is 888. The number of ether oxygens (including phenoxy) is 2. The first kappa shape index (κ1) is 21.6. The van der Waals surface area contributed by atoms with E-state index in [0.717, 1.165) is 11.1 Å². The minimum Gasteiger partial charge on any atom is -0.379 e. The maximum atomic E-state index is 12.1. The van der Waals surface area contributed by atoms with Gasteiger partial charge in [0.05, 0.1) is 19.8 Å². The molecule has 0 bridgehead atoms. The molecule has 152 valence electrons. The van der Waals surface area contributed by atoms with Gasteiger partial charge >= 0.3 is 5.69 Å². The smallest absolute Gasteiger partial charge is 0.325 e. The molecule has 8 heteroatoms. The molecular formula is C20H27N3O5. The number of hydrogen-bond acceptors (Lipinski definition) is 5. The van der Waals surface area contributed by atoms with E-state index in [9.17, 15) is 14.4 Å². The van der Waals surface area contributed by atoms with Gasteiger partial charge < -0.3 is 19.8 Å². The second-order valence-corrected chi connectivity index (χ2v) is 6.36. The van der Waals surface area contributed by atoms with Gasteiger partial charge in [-0.15, -0.1) is 0 Å². The van der Waals surface area contributed by atoms with E-state index < -0.39 is 11.2 Å². The van der Waals surface area contributed by atoms with Crippen LogP contribution in [0.4, 0.5) is 0 Å². The predicted molar refractivity (Wildman–Crippen MR) is 105 cm³/mol. The zero-order valence-electron chi connectivity index (χ0n) is 16.3. The van der Waals surface area contributed by atoms with Crippen LogP contribution in [0.25, 0.3) is 0 Å². The van der Waals surface area contributed by atoms with E-state index in [2.05, 4.69) is 15.3 Å². The molecule has 1 heterocycles. The van der Waals surface area contributed by atoms with E-state index in [1.165, 1.54) is 0 Å². The number of H-pyrrole nitrogens is 2. The molecule has 28 heavy (non-hydrogen) atoms. The summed E-state index contributed by atoms with van der Waals surface area (Å²) in [6.45, 7) is 6.26. The number of aromatic nitrogens is 2. The maximum absolute atomic E-state index is 12.1. The number of amides is 1. The molecule has 0 spiro atoms. The Morgan fingerprint density at radius 2 is 1.86 bits per heavy atom. The third-order valence-corrected chi connectivity index (χ3v) is 4.18. The van der Waals surface area contributed by atoms with Crippen molar-refractivity contribution < 1.29 is 14.3 Å². The SMILES string of the molecule is CCOCCOCc1cccc(CNC(=O)CCc2c(C)[nH]c(=O)[nH]c2=O)c1. The molecule has 0 radical (unpaired) electrons. The molecule has 0 aliphatic heterocycles. The highest BCUT2D eigenvalue weighted by molar-refractivity contribution is 5.76. The van der Waals surface area contributed by atoms with Crippen LogP contribution in [-0.2, 0) is 33.8 Å². The van der Waals surface area contributed by atoms with Gasteiger partial charge in [0.25, 0.3) is 5.56 Å². The van der Waals surface area contributed by atoms with Crippen LogP contribution in [-0.4, -0.2) is 35.7 Å². The number of hydrogen-bond donors (Lipinski definition) is 3. The van der Waals surface area contributed by atoms with Crippen molar-refractivity contribution in [2.45, 2.75) is 39.8 Å². The number of aromatic amines is 2. The van der Waals surface area contributed by atoms with Crippen LogP contribution in [0.3, 0.4) is 0 Å². The zero-order chi connectivity index (χ0) is 20.4. The molecule has 3 N–H and O–H groups in total. The highest BCUT2D eigenvalue weighted by Crippen LogP contribution is 2.07. The van der Waals surface area contributed by atoms with Crippen molar-refractivity contribution in [3.05, 3.63) is 67.5 Å². The number of benzene rings is 1. The minimum atomic E-state index is -0.544. The molecule has 0 unspecified atom stereocenters. The second kappa shape index (κ2) is 11.2. The summed E-state index contributed by atoms with van der Waals surface area (Å²) in [5, 5.41) is 2.85. The topological polar surface area (TPSA) is 113 Å². The van der Waals surface area contributed by atoms with Crippen LogP contribution in [0.5, 0.6) is 0 Å². The summed E-state index contributed by atoms with van der Waals surface area (Å²) in [7, 11) is 0. The van der Waals surface area contributed by atoms with E-state index in [1.807, 2.05) is 31.2 Å². The van der Waals surface area contributed by atoms with E-state index in [0.29, 0.717) is 44.2 Å². The lowest BCUT2D eigenvalue weighted by atomic mass is 10.1. The van der Waals surface area contributed by atoms with Crippen LogP contribution in [0.15, 0.2) is 33.9 Å². The van der Waals surface area contributed by atoms with Crippen molar-refractivity contribution in [2.75, 3.05) is 19.8 Å². The average molecular weight is 389 g/mol. The molecular weight excluding hydrogens is 362 g/mol. The number of carbonyl (C=O) groups excluding carboxylic acids is 1. The van der Waals surface area contributed by atoms with Crippen molar-refractivity contribution in [2.24, 2.45) is 0 Å². The van der Waals surface area contributed by atoms with Crippen LogP contribution in [0.1, 0.15) is 35.7 Å². The fraction of sp³-hybridized carbons (Fsp3) is 0.450. The van der Waals surface area contributed by atoms with Crippen molar-refractivity contribution in [3.63, 3.8) is 0 Å². The van der Waals surface area contributed by atoms with Crippen molar-refractivity contribution in [3.8, 4) is 0 Å². The highest BCUT2D eigenvalue weighted by Gasteiger charge is 2.09. The Labute approximate surface area is 163 Å². The summed E-state index contributed by atoms with van der Waals surface area (Å²) >= 11 is 0. The minimum absolute atomic E-state index is 0.163. The average Bonchev–Trinajstić information content (AvgIpc) is 2.65. The van der Waals surface area contributed by atoms with E-state index in [4.69, 9.17) is 9.47 Å². The first-order valence-electron chi connectivity index (χ1n) is 9.31. The summed E-state index contributed by atoms with van der Waals surface area (Å²) in [4.78, 5) is 39.8.